The first-order valence-corrected chi connectivity index (χ1v) is 10.3. The number of halogens is 2. The molecule has 1 fully saturated rings. The molecule has 1 saturated heterocycles. The lowest BCUT2D eigenvalue weighted by molar-refractivity contribution is -0.145. The number of methoxy groups -OCH3 is 1. The van der Waals surface area contributed by atoms with E-state index in [0.717, 1.165) is 4.90 Å². The highest BCUT2D eigenvalue weighted by molar-refractivity contribution is 6.40. The summed E-state index contributed by atoms with van der Waals surface area (Å²) in [6, 6.07) is 8.08. The Morgan fingerprint density at radius 2 is 1.73 bits per heavy atom. The summed E-state index contributed by atoms with van der Waals surface area (Å²) >= 11 is 12.4. The number of imide groups is 2. The lowest BCUT2D eigenvalue weighted by atomic mass is 10.1. The van der Waals surface area contributed by atoms with Crippen molar-refractivity contribution >= 4 is 58.8 Å². The highest BCUT2D eigenvalue weighted by atomic mass is 35.5. The van der Waals surface area contributed by atoms with E-state index in [-0.39, 0.29) is 33.7 Å². The lowest BCUT2D eigenvalue weighted by Crippen LogP contribution is -2.54. The maximum absolute atomic E-state index is 13.0. The molecule has 33 heavy (non-hydrogen) atoms. The minimum Gasteiger partial charge on any atom is -0.497 e. The first-order chi connectivity index (χ1) is 15.7. The number of rotatable bonds is 7. The molecule has 0 atom stereocenters. The Morgan fingerprint density at radius 3 is 2.30 bits per heavy atom. The Labute approximate surface area is 198 Å². The third-order valence-electron chi connectivity index (χ3n) is 4.40. The number of urea groups is 1. The third kappa shape index (κ3) is 5.44. The fourth-order valence-corrected chi connectivity index (χ4v) is 3.54. The maximum atomic E-state index is 13.0. The van der Waals surface area contributed by atoms with Gasteiger partial charge in [-0.3, -0.25) is 14.9 Å². The number of nitrogens with one attached hydrogen (secondary N) is 1. The Morgan fingerprint density at radius 1 is 1.09 bits per heavy atom. The molecule has 1 N–H and O–H groups in total. The molecule has 0 saturated carbocycles. The van der Waals surface area contributed by atoms with Crippen LogP contribution in [-0.4, -0.2) is 44.1 Å². The molecule has 1 aliphatic rings. The predicted molar refractivity (Wildman–Crippen MR) is 121 cm³/mol. The Hall–Kier alpha value is -3.56. The van der Waals surface area contributed by atoms with Crippen LogP contribution in [0, 0.1) is 0 Å². The fourth-order valence-electron chi connectivity index (χ4n) is 2.92. The number of esters is 1. The molecule has 11 heteroatoms. The van der Waals surface area contributed by atoms with Crippen LogP contribution in [-0.2, 0) is 19.1 Å². The number of anilines is 1. The monoisotopic (exact) mass is 492 g/mol. The fraction of sp³-hybridized carbons (Fsp3) is 0.182. The van der Waals surface area contributed by atoms with Crippen molar-refractivity contribution in [2.45, 2.75) is 6.92 Å². The minimum atomic E-state index is -0.883. The highest BCUT2D eigenvalue weighted by Crippen LogP contribution is 2.35. The Bertz CT molecular complexity index is 1120. The molecule has 0 bridgehead atoms. The highest BCUT2D eigenvalue weighted by Gasteiger charge is 2.36. The van der Waals surface area contributed by atoms with Crippen LogP contribution in [0.2, 0.25) is 10.0 Å². The third-order valence-corrected chi connectivity index (χ3v) is 4.97. The second-order valence-electron chi connectivity index (χ2n) is 6.56. The van der Waals surface area contributed by atoms with Gasteiger partial charge in [0, 0.05) is 0 Å². The zero-order valence-electron chi connectivity index (χ0n) is 17.5. The molecule has 2 aromatic rings. The molecule has 4 amide bonds. The standard InChI is InChI=1S/C22H18Cl2N2O7/c1-3-32-18(27)11-33-19-16(23)9-12(10-17(19)24)8-15-20(28)25-22(30)26(21(15)29)13-4-6-14(31-2)7-5-13/h4-10H,3,11H2,1-2H3,(H,25,28,30). The summed E-state index contributed by atoms with van der Waals surface area (Å²) in [6.07, 6.45) is 1.24. The molecule has 172 valence electrons. The van der Waals surface area contributed by atoms with Crippen molar-refractivity contribution in [3.8, 4) is 11.5 Å². The molecule has 0 aromatic heterocycles. The second kappa shape index (κ2) is 10.4. The van der Waals surface area contributed by atoms with Gasteiger partial charge >= 0.3 is 12.0 Å². The van der Waals surface area contributed by atoms with Crippen molar-refractivity contribution in [1.82, 2.24) is 5.32 Å². The van der Waals surface area contributed by atoms with E-state index in [0.29, 0.717) is 11.3 Å². The summed E-state index contributed by atoms with van der Waals surface area (Å²) in [7, 11) is 1.48. The van der Waals surface area contributed by atoms with Gasteiger partial charge in [-0.25, -0.2) is 14.5 Å². The van der Waals surface area contributed by atoms with Crippen molar-refractivity contribution in [3.63, 3.8) is 0 Å². The van der Waals surface area contributed by atoms with Gasteiger partial charge in [-0.2, -0.15) is 0 Å². The lowest BCUT2D eigenvalue weighted by Gasteiger charge is -2.26. The predicted octanol–water partition coefficient (Wildman–Crippen LogP) is 3.61. The average Bonchev–Trinajstić information content (AvgIpc) is 2.76. The van der Waals surface area contributed by atoms with Gasteiger partial charge in [0.25, 0.3) is 11.8 Å². The SMILES string of the molecule is CCOC(=O)COc1c(Cl)cc(C=C2C(=O)NC(=O)N(c3ccc(OC)cc3)C2=O)cc1Cl. The second-order valence-corrected chi connectivity index (χ2v) is 7.38. The van der Waals surface area contributed by atoms with Crippen LogP contribution < -0.4 is 19.7 Å². The van der Waals surface area contributed by atoms with Gasteiger partial charge in [-0.1, -0.05) is 23.2 Å². The largest absolute Gasteiger partial charge is 0.497 e. The van der Waals surface area contributed by atoms with Crippen LogP contribution >= 0.6 is 23.2 Å². The summed E-state index contributed by atoms with van der Waals surface area (Å²) in [5.74, 6) is -1.72. The van der Waals surface area contributed by atoms with Crippen LogP contribution in [0.4, 0.5) is 10.5 Å². The summed E-state index contributed by atoms with van der Waals surface area (Å²) in [5, 5.41) is 2.22. The van der Waals surface area contributed by atoms with E-state index in [1.807, 2.05) is 0 Å². The number of amides is 4. The van der Waals surface area contributed by atoms with Crippen molar-refractivity contribution in [2.75, 3.05) is 25.2 Å². The van der Waals surface area contributed by atoms with Crippen molar-refractivity contribution in [1.29, 1.82) is 0 Å². The first-order valence-electron chi connectivity index (χ1n) is 9.58. The van der Waals surface area contributed by atoms with Gasteiger partial charge in [-0.05, 0) is 55.0 Å². The minimum absolute atomic E-state index is 0.0444. The van der Waals surface area contributed by atoms with Gasteiger partial charge in [-0.15, -0.1) is 0 Å². The summed E-state index contributed by atoms with van der Waals surface area (Å²) in [5.41, 5.74) is 0.240. The molecule has 0 unspecified atom stereocenters. The average molecular weight is 493 g/mol. The molecule has 0 spiro atoms. The molecule has 1 aliphatic heterocycles. The molecule has 1 heterocycles. The number of hydrogen-bond acceptors (Lipinski definition) is 7. The van der Waals surface area contributed by atoms with E-state index in [9.17, 15) is 19.2 Å². The molecular weight excluding hydrogens is 475 g/mol. The van der Waals surface area contributed by atoms with Gasteiger partial charge < -0.3 is 14.2 Å². The van der Waals surface area contributed by atoms with Crippen molar-refractivity contribution < 1.29 is 33.4 Å². The van der Waals surface area contributed by atoms with E-state index in [4.69, 9.17) is 37.4 Å². The molecule has 2 aromatic carbocycles. The Balaban J connectivity index is 1.89. The number of benzene rings is 2. The molecule has 3 rings (SSSR count). The van der Waals surface area contributed by atoms with Crippen LogP contribution in [0.25, 0.3) is 6.08 Å². The normalized spacial score (nSPS) is 14.8. The zero-order valence-corrected chi connectivity index (χ0v) is 19.0. The van der Waals surface area contributed by atoms with Crippen LogP contribution in [0.1, 0.15) is 12.5 Å². The van der Waals surface area contributed by atoms with E-state index < -0.39 is 30.4 Å². The maximum Gasteiger partial charge on any atom is 0.344 e. The van der Waals surface area contributed by atoms with Crippen LogP contribution in [0.3, 0.4) is 0 Å². The van der Waals surface area contributed by atoms with E-state index >= 15 is 0 Å². The molecule has 9 nitrogen and oxygen atoms in total. The quantitative estimate of drug-likeness (QED) is 0.356. The van der Waals surface area contributed by atoms with E-state index in [2.05, 4.69) is 5.32 Å². The number of barbiturate groups is 1. The van der Waals surface area contributed by atoms with E-state index in [1.54, 1.807) is 19.1 Å². The summed E-state index contributed by atoms with van der Waals surface area (Å²) in [4.78, 5) is 50.0. The number of hydrogen-bond donors (Lipinski definition) is 1. The number of nitrogens with zero attached hydrogens (tertiary/aromatic N) is 1. The van der Waals surface area contributed by atoms with Gasteiger partial charge in [0.15, 0.2) is 12.4 Å². The number of carbonyl (C=O) groups is 4. The summed E-state index contributed by atoms with van der Waals surface area (Å²) < 4.78 is 15.2. The molecule has 0 radical (unpaired) electrons. The van der Waals surface area contributed by atoms with E-state index in [1.165, 1.54) is 37.5 Å². The number of carbonyl (C=O) groups excluding carboxylic acids is 4. The zero-order chi connectivity index (χ0) is 24.1. The van der Waals surface area contributed by atoms with Gasteiger partial charge in [0.1, 0.15) is 11.3 Å². The van der Waals surface area contributed by atoms with Gasteiger partial charge in [0.2, 0.25) is 0 Å². The van der Waals surface area contributed by atoms with Gasteiger partial charge in [0.05, 0.1) is 29.4 Å². The van der Waals surface area contributed by atoms with Crippen LogP contribution in [0.15, 0.2) is 42.0 Å². The molecular formula is C22H18Cl2N2O7. The summed E-state index contributed by atoms with van der Waals surface area (Å²) in [6.45, 7) is 1.46. The van der Waals surface area contributed by atoms with Crippen molar-refractivity contribution in [3.05, 3.63) is 57.6 Å². The van der Waals surface area contributed by atoms with Crippen LogP contribution in [0.5, 0.6) is 11.5 Å². The topological polar surface area (TPSA) is 111 Å². The number of ether oxygens (including phenoxy) is 3. The molecule has 0 aliphatic carbocycles. The van der Waals surface area contributed by atoms with Crippen molar-refractivity contribution in [2.24, 2.45) is 0 Å². The first kappa shape index (κ1) is 24.1. The Kier molecular flexibility index (Phi) is 7.57. The smallest absolute Gasteiger partial charge is 0.344 e.